The molecule has 1 aromatic carbocycles. The minimum Gasteiger partial charge on any atom is -0.497 e. The summed E-state index contributed by atoms with van der Waals surface area (Å²) in [7, 11) is 1.57. The molecule has 2 atom stereocenters. The summed E-state index contributed by atoms with van der Waals surface area (Å²) in [4.78, 5) is 11.5. The van der Waals surface area contributed by atoms with Crippen molar-refractivity contribution < 1.29 is 19.7 Å². The monoisotopic (exact) mass is 236 g/mol. The third-order valence-corrected chi connectivity index (χ3v) is 3.54. The summed E-state index contributed by atoms with van der Waals surface area (Å²) in [6, 6.07) is 7.05. The van der Waals surface area contributed by atoms with Gasteiger partial charge in [0, 0.05) is 0 Å². The number of carboxylic acid groups (broad SMARTS) is 1. The minimum atomic E-state index is -0.939. The molecule has 0 radical (unpaired) electrons. The molecule has 0 spiro atoms. The lowest BCUT2D eigenvalue weighted by molar-refractivity contribution is -0.144. The number of hydrogen-bond donors (Lipinski definition) is 2. The van der Waals surface area contributed by atoms with Crippen LogP contribution in [-0.2, 0) is 10.2 Å². The van der Waals surface area contributed by atoms with E-state index in [2.05, 4.69) is 0 Å². The predicted molar refractivity (Wildman–Crippen MR) is 62.2 cm³/mol. The molecule has 2 rings (SSSR count). The van der Waals surface area contributed by atoms with Gasteiger partial charge < -0.3 is 14.9 Å². The lowest BCUT2D eigenvalue weighted by atomic mass is 9.79. The van der Waals surface area contributed by atoms with Crippen LogP contribution >= 0.6 is 0 Å². The van der Waals surface area contributed by atoms with Gasteiger partial charge in [-0.15, -0.1) is 0 Å². The zero-order chi connectivity index (χ0) is 12.5. The van der Waals surface area contributed by atoms with Crippen LogP contribution in [0, 0.1) is 0 Å². The molecule has 0 bridgehead atoms. The summed E-state index contributed by atoms with van der Waals surface area (Å²) < 4.78 is 5.05. The molecule has 1 fully saturated rings. The number of carbonyl (C=O) groups is 1. The normalized spacial score (nSPS) is 28.0. The van der Waals surface area contributed by atoms with Gasteiger partial charge in [0.25, 0.3) is 0 Å². The van der Waals surface area contributed by atoms with Crippen LogP contribution < -0.4 is 4.74 Å². The van der Waals surface area contributed by atoms with Crippen molar-refractivity contribution in [3.63, 3.8) is 0 Å². The van der Waals surface area contributed by atoms with E-state index in [0.29, 0.717) is 18.6 Å². The Morgan fingerprint density at radius 3 is 2.47 bits per heavy atom. The van der Waals surface area contributed by atoms with Crippen molar-refractivity contribution >= 4 is 5.97 Å². The van der Waals surface area contributed by atoms with Gasteiger partial charge in [0.15, 0.2) is 0 Å². The summed E-state index contributed by atoms with van der Waals surface area (Å²) in [5, 5.41) is 19.0. The van der Waals surface area contributed by atoms with Crippen molar-refractivity contribution in [3.8, 4) is 5.75 Å². The van der Waals surface area contributed by atoms with Crippen molar-refractivity contribution in [1.29, 1.82) is 0 Å². The van der Waals surface area contributed by atoms with Crippen LogP contribution in [0.25, 0.3) is 0 Å². The van der Waals surface area contributed by atoms with E-state index in [1.807, 2.05) is 0 Å². The Balaban J connectivity index is 2.36. The van der Waals surface area contributed by atoms with E-state index in [4.69, 9.17) is 4.74 Å². The first-order valence-corrected chi connectivity index (χ1v) is 5.64. The lowest BCUT2D eigenvalue weighted by Crippen LogP contribution is -2.33. The summed E-state index contributed by atoms with van der Waals surface area (Å²) >= 11 is 0. The Morgan fingerprint density at radius 2 is 2.06 bits per heavy atom. The fourth-order valence-electron chi connectivity index (χ4n) is 2.51. The summed E-state index contributed by atoms with van der Waals surface area (Å²) in [5.41, 5.74) is -0.201. The maximum absolute atomic E-state index is 11.5. The summed E-state index contributed by atoms with van der Waals surface area (Å²) in [5.74, 6) is -0.160. The maximum atomic E-state index is 11.5. The zero-order valence-corrected chi connectivity index (χ0v) is 9.72. The van der Waals surface area contributed by atoms with Crippen LogP contribution in [0.15, 0.2) is 24.3 Å². The molecule has 17 heavy (non-hydrogen) atoms. The van der Waals surface area contributed by atoms with Crippen molar-refractivity contribution in [2.24, 2.45) is 0 Å². The highest BCUT2D eigenvalue weighted by Crippen LogP contribution is 2.41. The van der Waals surface area contributed by atoms with E-state index in [-0.39, 0.29) is 6.42 Å². The molecule has 2 N–H and O–H groups in total. The van der Waals surface area contributed by atoms with Crippen LogP contribution in [0.3, 0.4) is 0 Å². The Hall–Kier alpha value is -1.55. The van der Waals surface area contributed by atoms with Crippen LogP contribution in [0.1, 0.15) is 24.8 Å². The fraction of sp³-hybridized carbons (Fsp3) is 0.462. The number of ether oxygens (including phenoxy) is 1. The van der Waals surface area contributed by atoms with E-state index < -0.39 is 17.5 Å². The number of hydrogen-bond acceptors (Lipinski definition) is 3. The number of methoxy groups -OCH3 is 1. The van der Waals surface area contributed by atoms with Gasteiger partial charge in [0.1, 0.15) is 5.75 Å². The van der Waals surface area contributed by atoms with E-state index in [0.717, 1.165) is 5.56 Å². The molecule has 2 unspecified atom stereocenters. The predicted octanol–water partition coefficient (Wildman–Crippen LogP) is 1.56. The molecule has 0 aliphatic heterocycles. The molecule has 1 saturated carbocycles. The maximum Gasteiger partial charge on any atom is 0.314 e. The highest BCUT2D eigenvalue weighted by Gasteiger charge is 2.46. The van der Waals surface area contributed by atoms with Crippen LogP contribution in [0.2, 0.25) is 0 Å². The van der Waals surface area contributed by atoms with Crippen molar-refractivity contribution in [2.45, 2.75) is 30.8 Å². The third kappa shape index (κ3) is 2.00. The Bertz CT molecular complexity index is 412. The van der Waals surface area contributed by atoms with Crippen LogP contribution in [0.5, 0.6) is 5.75 Å². The highest BCUT2D eigenvalue weighted by atomic mass is 16.5. The summed E-state index contributed by atoms with van der Waals surface area (Å²) in [6.07, 6.45) is 0.788. The standard InChI is InChI=1S/C13H16O4/c1-17-11-4-2-9(3-5-11)13(12(15)16)7-6-10(14)8-13/h2-5,10,14H,6-8H2,1H3,(H,15,16). The van der Waals surface area contributed by atoms with Gasteiger partial charge in [-0.3, -0.25) is 4.79 Å². The number of aliphatic hydroxyl groups is 1. The largest absolute Gasteiger partial charge is 0.497 e. The molecule has 0 saturated heterocycles. The average Bonchev–Trinajstić information content (AvgIpc) is 2.73. The molecule has 1 aromatic rings. The quantitative estimate of drug-likeness (QED) is 0.835. The molecule has 92 valence electrons. The topological polar surface area (TPSA) is 66.8 Å². The first-order valence-electron chi connectivity index (χ1n) is 5.64. The number of rotatable bonds is 3. The van der Waals surface area contributed by atoms with Gasteiger partial charge in [0.2, 0.25) is 0 Å². The molecule has 4 heteroatoms. The number of aliphatic hydroxyl groups excluding tert-OH is 1. The van der Waals surface area contributed by atoms with Crippen molar-refractivity contribution in [2.75, 3.05) is 7.11 Å². The second-order valence-electron chi connectivity index (χ2n) is 4.51. The smallest absolute Gasteiger partial charge is 0.314 e. The van der Waals surface area contributed by atoms with Gasteiger partial charge in [-0.25, -0.2) is 0 Å². The van der Waals surface area contributed by atoms with Crippen LogP contribution in [-0.4, -0.2) is 29.4 Å². The molecule has 1 aliphatic rings. The molecule has 4 nitrogen and oxygen atoms in total. The molecule has 0 aromatic heterocycles. The lowest BCUT2D eigenvalue weighted by Gasteiger charge is -2.24. The third-order valence-electron chi connectivity index (χ3n) is 3.54. The van der Waals surface area contributed by atoms with Gasteiger partial charge in [-0.2, -0.15) is 0 Å². The molecule has 1 aliphatic carbocycles. The Labute approximate surface area is 99.8 Å². The minimum absolute atomic E-state index is 0.286. The van der Waals surface area contributed by atoms with E-state index in [1.165, 1.54) is 0 Å². The van der Waals surface area contributed by atoms with Crippen molar-refractivity contribution in [3.05, 3.63) is 29.8 Å². The average molecular weight is 236 g/mol. The van der Waals surface area contributed by atoms with E-state index >= 15 is 0 Å². The number of benzene rings is 1. The fourth-order valence-corrected chi connectivity index (χ4v) is 2.51. The summed E-state index contributed by atoms with van der Waals surface area (Å²) in [6.45, 7) is 0. The highest BCUT2D eigenvalue weighted by molar-refractivity contribution is 5.82. The SMILES string of the molecule is COc1ccc(C2(C(=O)O)CCC(O)C2)cc1. The van der Waals surface area contributed by atoms with Gasteiger partial charge >= 0.3 is 5.97 Å². The van der Waals surface area contributed by atoms with Gasteiger partial charge in [-0.1, -0.05) is 12.1 Å². The molecular formula is C13H16O4. The molecule has 0 amide bonds. The van der Waals surface area contributed by atoms with E-state index in [9.17, 15) is 15.0 Å². The number of aliphatic carboxylic acids is 1. The van der Waals surface area contributed by atoms with Crippen LogP contribution in [0.4, 0.5) is 0 Å². The second-order valence-corrected chi connectivity index (χ2v) is 4.51. The number of carboxylic acids is 1. The first-order chi connectivity index (χ1) is 8.08. The second kappa shape index (κ2) is 4.37. The van der Waals surface area contributed by atoms with Crippen molar-refractivity contribution in [1.82, 2.24) is 0 Å². The zero-order valence-electron chi connectivity index (χ0n) is 9.72. The first kappa shape index (κ1) is 11.9. The molecule has 0 heterocycles. The van der Waals surface area contributed by atoms with E-state index in [1.54, 1.807) is 31.4 Å². The van der Waals surface area contributed by atoms with Gasteiger partial charge in [0.05, 0.1) is 18.6 Å². The Morgan fingerprint density at radius 1 is 1.41 bits per heavy atom. The molecular weight excluding hydrogens is 220 g/mol. The van der Waals surface area contributed by atoms with Gasteiger partial charge in [-0.05, 0) is 37.0 Å². The Kier molecular flexibility index (Phi) is 3.07.